The van der Waals surface area contributed by atoms with Crippen LogP contribution in [0.4, 0.5) is 0 Å². The van der Waals surface area contributed by atoms with E-state index >= 15 is 0 Å². The van der Waals surface area contributed by atoms with Crippen molar-refractivity contribution >= 4 is 23.6 Å². The highest BCUT2D eigenvalue weighted by Crippen LogP contribution is 2.38. The Bertz CT molecular complexity index is 258. The van der Waals surface area contributed by atoms with Gasteiger partial charge < -0.3 is 10.4 Å². The van der Waals surface area contributed by atoms with Crippen LogP contribution in [0.5, 0.6) is 0 Å². The Kier molecular flexibility index (Phi) is 5.66. The maximum atomic E-state index is 11.4. The number of carbonyl (C=O) groups is 2. The fourth-order valence-corrected chi connectivity index (χ4v) is 2.14. The topological polar surface area (TPSA) is 66.4 Å². The molecular formula is C11H19NO3S. The molecule has 1 rings (SSSR count). The number of hydrogen-bond donors (Lipinski definition) is 2. The zero-order valence-corrected chi connectivity index (χ0v) is 10.4. The van der Waals surface area contributed by atoms with Crippen molar-refractivity contribution in [1.29, 1.82) is 0 Å². The Hall–Kier alpha value is -0.710. The number of carbonyl (C=O) groups excluding carboxylic acids is 1. The van der Waals surface area contributed by atoms with Gasteiger partial charge in [0, 0.05) is 6.54 Å². The van der Waals surface area contributed by atoms with Gasteiger partial charge in [0.25, 0.3) is 0 Å². The lowest BCUT2D eigenvalue weighted by Crippen LogP contribution is -2.27. The molecule has 4 nitrogen and oxygen atoms in total. The summed E-state index contributed by atoms with van der Waals surface area (Å²) in [5, 5.41) is 11.5. The number of carboxylic acid groups (broad SMARTS) is 1. The standard InChI is InChI=1S/C11H19NO3S/c1-16-6-4-2-3-5-12-10(13)8-7-9(8)11(14)15/h8-9H,2-7H2,1H3,(H,12,13)(H,14,15). The molecular weight excluding hydrogens is 226 g/mol. The van der Waals surface area contributed by atoms with Crippen molar-refractivity contribution in [3.05, 3.63) is 0 Å². The molecule has 0 aromatic heterocycles. The van der Waals surface area contributed by atoms with Crippen LogP contribution in [0.25, 0.3) is 0 Å². The molecule has 0 aliphatic heterocycles. The number of nitrogens with one attached hydrogen (secondary N) is 1. The molecule has 1 saturated carbocycles. The molecule has 0 bridgehead atoms. The molecule has 92 valence electrons. The van der Waals surface area contributed by atoms with Crippen molar-refractivity contribution in [3.8, 4) is 0 Å². The molecule has 1 aliphatic carbocycles. The summed E-state index contributed by atoms with van der Waals surface area (Å²) in [6.07, 6.45) is 5.87. The Morgan fingerprint density at radius 1 is 1.31 bits per heavy atom. The third kappa shape index (κ3) is 4.43. The second kappa shape index (κ2) is 6.78. The molecule has 2 N–H and O–H groups in total. The largest absolute Gasteiger partial charge is 0.481 e. The summed E-state index contributed by atoms with van der Waals surface area (Å²) in [6, 6.07) is 0. The molecule has 1 amide bonds. The van der Waals surface area contributed by atoms with Crippen molar-refractivity contribution in [2.45, 2.75) is 25.7 Å². The third-order valence-electron chi connectivity index (χ3n) is 2.77. The van der Waals surface area contributed by atoms with E-state index in [4.69, 9.17) is 5.11 Å². The first-order valence-corrected chi connectivity index (χ1v) is 7.05. The van der Waals surface area contributed by atoms with Crippen LogP contribution >= 0.6 is 11.8 Å². The van der Waals surface area contributed by atoms with Crippen LogP contribution in [-0.4, -0.2) is 35.5 Å². The number of rotatable bonds is 8. The van der Waals surface area contributed by atoms with E-state index in [0.29, 0.717) is 13.0 Å². The highest BCUT2D eigenvalue weighted by molar-refractivity contribution is 7.98. The third-order valence-corrected chi connectivity index (χ3v) is 3.47. The summed E-state index contributed by atoms with van der Waals surface area (Å²) in [5.41, 5.74) is 0. The van der Waals surface area contributed by atoms with E-state index in [0.717, 1.165) is 18.6 Å². The van der Waals surface area contributed by atoms with Crippen LogP contribution in [0.15, 0.2) is 0 Å². The molecule has 2 atom stereocenters. The van der Waals surface area contributed by atoms with Crippen LogP contribution in [0.1, 0.15) is 25.7 Å². The molecule has 2 unspecified atom stereocenters. The minimum absolute atomic E-state index is 0.0859. The number of unbranched alkanes of at least 4 members (excludes halogenated alkanes) is 2. The minimum Gasteiger partial charge on any atom is -0.481 e. The van der Waals surface area contributed by atoms with Gasteiger partial charge in [-0.25, -0.2) is 0 Å². The quantitative estimate of drug-likeness (QED) is 0.634. The Morgan fingerprint density at radius 2 is 2.06 bits per heavy atom. The number of amides is 1. The molecule has 0 heterocycles. The van der Waals surface area contributed by atoms with E-state index in [9.17, 15) is 9.59 Å². The smallest absolute Gasteiger partial charge is 0.307 e. The number of thioether (sulfide) groups is 1. The van der Waals surface area contributed by atoms with Gasteiger partial charge in [-0.3, -0.25) is 9.59 Å². The molecule has 1 fully saturated rings. The van der Waals surface area contributed by atoms with E-state index in [1.165, 1.54) is 6.42 Å². The Morgan fingerprint density at radius 3 is 2.62 bits per heavy atom. The lowest BCUT2D eigenvalue weighted by molar-refractivity contribution is -0.140. The van der Waals surface area contributed by atoms with Crippen molar-refractivity contribution in [2.75, 3.05) is 18.6 Å². The normalized spacial score (nSPS) is 22.8. The lowest BCUT2D eigenvalue weighted by atomic mass is 10.2. The second-order valence-corrected chi connectivity index (χ2v) is 5.12. The molecule has 0 radical (unpaired) electrons. The number of carboxylic acids is 1. The van der Waals surface area contributed by atoms with Crippen LogP contribution < -0.4 is 5.32 Å². The van der Waals surface area contributed by atoms with Gasteiger partial charge in [0.2, 0.25) is 5.91 Å². The van der Waals surface area contributed by atoms with Gasteiger partial charge in [-0.2, -0.15) is 11.8 Å². The van der Waals surface area contributed by atoms with Gasteiger partial charge in [-0.1, -0.05) is 6.42 Å². The first-order valence-electron chi connectivity index (χ1n) is 5.66. The van der Waals surface area contributed by atoms with E-state index < -0.39 is 11.9 Å². The zero-order valence-electron chi connectivity index (χ0n) is 9.57. The summed E-state index contributed by atoms with van der Waals surface area (Å²) in [7, 11) is 0. The average molecular weight is 245 g/mol. The van der Waals surface area contributed by atoms with Crippen LogP contribution in [0.2, 0.25) is 0 Å². The van der Waals surface area contributed by atoms with Gasteiger partial charge in [0.1, 0.15) is 0 Å². The number of hydrogen-bond acceptors (Lipinski definition) is 3. The molecule has 1 aliphatic rings. The Balaban J connectivity index is 1.98. The first-order chi connectivity index (χ1) is 7.66. The van der Waals surface area contributed by atoms with Gasteiger partial charge in [-0.05, 0) is 31.3 Å². The number of aliphatic carboxylic acids is 1. The van der Waals surface area contributed by atoms with Crippen molar-refractivity contribution in [2.24, 2.45) is 11.8 Å². The highest BCUT2D eigenvalue weighted by Gasteiger charge is 2.48. The molecule has 0 aromatic rings. The van der Waals surface area contributed by atoms with Gasteiger partial charge >= 0.3 is 5.97 Å². The second-order valence-electron chi connectivity index (χ2n) is 4.13. The fourth-order valence-electron chi connectivity index (χ4n) is 1.65. The summed E-state index contributed by atoms with van der Waals surface area (Å²) >= 11 is 1.83. The average Bonchev–Trinajstić information content (AvgIpc) is 3.02. The van der Waals surface area contributed by atoms with E-state index in [1.54, 1.807) is 0 Å². The first kappa shape index (κ1) is 13.4. The molecule has 0 spiro atoms. The van der Waals surface area contributed by atoms with Crippen LogP contribution in [-0.2, 0) is 9.59 Å². The SMILES string of the molecule is CSCCCCCNC(=O)C1CC1C(=O)O. The summed E-state index contributed by atoms with van der Waals surface area (Å²) in [5.74, 6) is -0.477. The predicted molar refractivity (Wildman–Crippen MR) is 64.5 cm³/mol. The highest BCUT2D eigenvalue weighted by atomic mass is 32.2. The van der Waals surface area contributed by atoms with Crippen molar-refractivity contribution in [1.82, 2.24) is 5.32 Å². The Labute approximate surface area is 100 Å². The lowest BCUT2D eigenvalue weighted by Gasteiger charge is -2.03. The molecule has 16 heavy (non-hydrogen) atoms. The monoisotopic (exact) mass is 245 g/mol. The van der Waals surface area contributed by atoms with E-state index in [-0.39, 0.29) is 11.8 Å². The fraction of sp³-hybridized carbons (Fsp3) is 0.818. The zero-order chi connectivity index (χ0) is 12.0. The van der Waals surface area contributed by atoms with Gasteiger partial charge in [0.05, 0.1) is 11.8 Å². The van der Waals surface area contributed by atoms with Gasteiger partial charge in [0.15, 0.2) is 0 Å². The molecule has 0 saturated heterocycles. The summed E-state index contributed by atoms with van der Waals surface area (Å²) in [4.78, 5) is 22.0. The minimum atomic E-state index is -0.847. The molecule has 5 heteroatoms. The maximum absolute atomic E-state index is 11.4. The van der Waals surface area contributed by atoms with E-state index in [2.05, 4.69) is 11.6 Å². The summed E-state index contributed by atoms with van der Waals surface area (Å²) < 4.78 is 0. The van der Waals surface area contributed by atoms with E-state index in [1.807, 2.05) is 11.8 Å². The van der Waals surface area contributed by atoms with Crippen LogP contribution in [0, 0.1) is 11.8 Å². The predicted octanol–water partition coefficient (Wildman–Crippen LogP) is 1.36. The summed E-state index contributed by atoms with van der Waals surface area (Å²) in [6.45, 7) is 0.677. The molecule has 0 aromatic carbocycles. The van der Waals surface area contributed by atoms with Gasteiger partial charge in [-0.15, -0.1) is 0 Å². The van der Waals surface area contributed by atoms with Crippen molar-refractivity contribution < 1.29 is 14.7 Å². The maximum Gasteiger partial charge on any atom is 0.307 e. The van der Waals surface area contributed by atoms with Crippen LogP contribution in [0.3, 0.4) is 0 Å². The van der Waals surface area contributed by atoms with Crippen molar-refractivity contribution in [3.63, 3.8) is 0 Å².